The molecule has 0 amide bonds. The molecule has 1 aliphatic carbocycles. The van der Waals surface area contributed by atoms with E-state index in [9.17, 15) is 14.3 Å². The third-order valence-electron chi connectivity index (χ3n) is 6.46. The van der Waals surface area contributed by atoms with Gasteiger partial charge in [0.25, 0.3) is 0 Å². The molecule has 172 valence electrons. The van der Waals surface area contributed by atoms with Crippen molar-refractivity contribution in [1.29, 1.82) is 0 Å². The van der Waals surface area contributed by atoms with Crippen LogP contribution < -0.4 is 15.5 Å². The van der Waals surface area contributed by atoms with Crippen LogP contribution in [0.5, 0.6) is 0 Å². The summed E-state index contributed by atoms with van der Waals surface area (Å²) in [6.07, 6.45) is 4.07. The van der Waals surface area contributed by atoms with Crippen molar-refractivity contribution >= 4 is 29.1 Å². The molecule has 8 nitrogen and oxygen atoms in total. The minimum Gasteiger partial charge on any atom is -0.481 e. The Labute approximate surface area is 187 Å². The molecule has 1 aliphatic heterocycles. The normalized spacial score (nSPS) is 21.5. The van der Waals surface area contributed by atoms with Crippen LogP contribution in [0.2, 0.25) is 0 Å². The quantitative estimate of drug-likeness (QED) is 0.601. The molecule has 1 aromatic carbocycles. The van der Waals surface area contributed by atoms with Gasteiger partial charge >= 0.3 is 5.97 Å². The number of hydrogen-bond donors (Lipinski definition) is 3. The van der Waals surface area contributed by atoms with E-state index >= 15 is 0 Å². The van der Waals surface area contributed by atoms with E-state index in [1.165, 1.54) is 11.3 Å². The number of aromatic nitrogens is 2. The van der Waals surface area contributed by atoms with Crippen molar-refractivity contribution in [2.75, 3.05) is 48.8 Å². The van der Waals surface area contributed by atoms with Crippen molar-refractivity contribution < 1.29 is 14.3 Å². The van der Waals surface area contributed by atoms with E-state index in [0.29, 0.717) is 12.8 Å². The van der Waals surface area contributed by atoms with Crippen LogP contribution in [0.3, 0.4) is 0 Å². The molecule has 4 rings (SSSR count). The van der Waals surface area contributed by atoms with Crippen LogP contribution in [0.15, 0.2) is 24.4 Å². The highest BCUT2D eigenvalue weighted by Crippen LogP contribution is 2.30. The van der Waals surface area contributed by atoms with Crippen LogP contribution in [-0.2, 0) is 11.2 Å². The van der Waals surface area contributed by atoms with Crippen LogP contribution in [0.25, 0.3) is 0 Å². The summed E-state index contributed by atoms with van der Waals surface area (Å²) in [4.78, 5) is 24.5. The first-order chi connectivity index (χ1) is 15.4. The first-order valence-electron chi connectivity index (χ1n) is 11.3. The molecule has 1 saturated heterocycles. The number of likely N-dealkylation sites (N-methyl/N-ethyl adjacent to an activating group) is 1. The zero-order valence-corrected chi connectivity index (χ0v) is 18.6. The molecule has 0 spiro atoms. The van der Waals surface area contributed by atoms with Crippen LogP contribution >= 0.6 is 0 Å². The molecule has 2 fully saturated rings. The molecule has 2 aliphatic rings. The van der Waals surface area contributed by atoms with Gasteiger partial charge in [0.2, 0.25) is 5.95 Å². The van der Waals surface area contributed by atoms with Gasteiger partial charge < -0.3 is 25.5 Å². The predicted octanol–water partition coefficient (Wildman–Crippen LogP) is 3.34. The fourth-order valence-corrected chi connectivity index (χ4v) is 4.56. The third-order valence-corrected chi connectivity index (χ3v) is 6.46. The highest BCUT2D eigenvalue weighted by Gasteiger charge is 2.33. The fourth-order valence-electron chi connectivity index (χ4n) is 4.56. The number of rotatable bonds is 7. The van der Waals surface area contributed by atoms with Gasteiger partial charge in [0, 0.05) is 43.6 Å². The number of nitrogens with one attached hydrogen (secondary N) is 2. The van der Waals surface area contributed by atoms with Crippen molar-refractivity contribution in [3.05, 3.63) is 35.8 Å². The number of piperazine rings is 1. The highest BCUT2D eigenvalue weighted by molar-refractivity contribution is 5.72. The molecular weight excluding hydrogens is 411 g/mol. The summed E-state index contributed by atoms with van der Waals surface area (Å²) in [5, 5.41) is 15.5. The van der Waals surface area contributed by atoms with Gasteiger partial charge in [-0.2, -0.15) is 4.98 Å². The number of benzene rings is 1. The van der Waals surface area contributed by atoms with Crippen molar-refractivity contribution in [1.82, 2.24) is 14.9 Å². The second-order valence-electron chi connectivity index (χ2n) is 8.63. The molecule has 2 unspecified atom stereocenters. The Hall–Kier alpha value is -2.94. The lowest BCUT2D eigenvalue weighted by molar-refractivity contribution is -0.141. The van der Waals surface area contributed by atoms with Gasteiger partial charge in [-0.05, 0) is 50.1 Å². The van der Waals surface area contributed by atoms with E-state index in [1.54, 1.807) is 0 Å². The lowest BCUT2D eigenvalue weighted by Gasteiger charge is -2.35. The van der Waals surface area contributed by atoms with Crippen LogP contribution in [-0.4, -0.2) is 65.2 Å². The molecule has 2 atom stereocenters. The summed E-state index contributed by atoms with van der Waals surface area (Å²) in [7, 11) is 2.14. The van der Waals surface area contributed by atoms with Gasteiger partial charge in [-0.1, -0.05) is 13.3 Å². The van der Waals surface area contributed by atoms with E-state index in [2.05, 4.69) is 56.5 Å². The van der Waals surface area contributed by atoms with E-state index in [-0.39, 0.29) is 17.8 Å². The second kappa shape index (κ2) is 9.68. The van der Waals surface area contributed by atoms with Gasteiger partial charge in [-0.3, -0.25) is 4.79 Å². The number of carbonyl (C=O) groups is 1. The molecule has 0 radical (unpaired) electrons. The molecule has 1 aromatic heterocycles. The Balaban J connectivity index is 1.49. The minimum absolute atomic E-state index is 0.0328. The lowest BCUT2D eigenvalue weighted by atomic mass is 10.0. The van der Waals surface area contributed by atoms with Crippen LogP contribution in [0.4, 0.5) is 27.5 Å². The number of carboxylic acid groups (broad SMARTS) is 1. The maximum Gasteiger partial charge on any atom is 0.308 e. The second-order valence-corrected chi connectivity index (χ2v) is 8.63. The molecule has 0 bridgehead atoms. The van der Waals surface area contributed by atoms with E-state index in [1.807, 2.05) is 6.07 Å². The number of aliphatic carboxylic acids is 1. The average molecular weight is 443 g/mol. The largest absolute Gasteiger partial charge is 0.481 e. The van der Waals surface area contributed by atoms with Crippen molar-refractivity contribution in [2.24, 2.45) is 5.92 Å². The molecule has 9 heteroatoms. The zero-order valence-electron chi connectivity index (χ0n) is 18.6. The predicted molar refractivity (Wildman–Crippen MR) is 123 cm³/mol. The van der Waals surface area contributed by atoms with Crippen LogP contribution in [0.1, 0.15) is 31.7 Å². The van der Waals surface area contributed by atoms with Gasteiger partial charge in [0.05, 0.1) is 12.1 Å². The Kier molecular flexibility index (Phi) is 6.74. The molecule has 2 heterocycles. The van der Waals surface area contributed by atoms with Gasteiger partial charge in [0.1, 0.15) is 0 Å². The van der Waals surface area contributed by atoms with Crippen LogP contribution in [0, 0.1) is 11.7 Å². The standard InChI is InChI=1S/C23H31FN6O2/c1-3-15-13-16(7-8-20(15)30-11-9-29(2)10-12-30)26-23-25-14-18(24)21(28-23)27-19-6-4-5-17(19)22(31)32/h7-8,13-14,17,19H,3-6,9-12H2,1-2H3,(H,31,32)(H2,25,26,27,28). The topological polar surface area (TPSA) is 93.6 Å². The van der Waals surface area contributed by atoms with Crippen molar-refractivity contribution in [3.63, 3.8) is 0 Å². The van der Waals surface area contributed by atoms with Crippen molar-refractivity contribution in [3.8, 4) is 0 Å². The Bertz CT molecular complexity index is 963. The van der Waals surface area contributed by atoms with E-state index < -0.39 is 17.7 Å². The van der Waals surface area contributed by atoms with Crippen molar-refractivity contribution in [2.45, 2.75) is 38.6 Å². The first kappa shape index (κ1) is 22.3. The number of aryl methyl sites for hydroxylation is 1. The maximum atomic E-state index is 14.3. The Morgan fingerprint density at radius 1 is 1.25 bits per heavy atom. The number of halogens is 1. The minimum atomic E-state index is -0.861. The molecule has 1 saturated carbocycles. The third kappa shape index (κ3) is 4.93. The zero-order chi connectivity index (χ0) is 22.7. The van der Waals surface area contributed by atoms with E-state index in [0.717, 1.165) is 50.9 Å². The van der Waals surface area contributed by atoms with E-state index in [4.69, 9.17) is 0 Å². The number of anilines is 4. The number of nitrogens with zero attached hydrogens (tertiary/aromatic N) is 4. The monoisotopic (exact) mass is 442 g/mol. The Morgan fingerprint density at radius 2 is 2.03 bits per heavy atom. The SMILES string of the molecule is CCc1cc(Nc2ncc(F)c(NC3CCCC3C(=O)O)n2)ccc1N1CCN(C)CC1. The molecular formula is C23H31FN6O2. The molecule has 3 N–H and O–H groups in total. The summed E-state index contributed by atoms with van der Waals surface area (Å²) in [5.41, 5.74) is 3.31. The number of carboxylic acids is 1. The van der Waals surface area contributed by atoms with Gasteiger partial charge in [0.15, 0.2) is 11.6 Å². The van der Waals surface area contributed by atoms with Gasteiger partial charge in [-0.25, -0.2) is 9.37 Å². The summed E-state index contributed by atoms with van der Waals surface area (Å²) in [6, 6.07) is 5.86. The summed E-state index contributed by atoms with van der Waals surface area (Å²) in [5.74, 6) is -1.68. The maximum absolute atomic E-state index is 14.3. The molecule has 32 heavy (non-hydrogen) atoms. The first-order valence-corrected chi connectivity index (χ1v) is 11.3. The fraction of sp³-hybridized carbons (Fsp3) is 0.522. The summed E-state index contributed by atoms with van der Waals surface area (Å²) in [6.45, 7) is 6.24. The summed E-state index contributed by atoms with van der Waals surface area (Å²) >= 11 is 0. The smallest absolute Gasteiger partial charge is 0.308 e. The Morgan fingerprint density at radius 3 is 2.75 bits per heavy atom. The highest BCUT2D eigenvalue weighted by atomic mass is 19.1. The van der Waals surface area contributed by atoms with Gasteiger partial charge in [-0.15, -0.1) is 0 Å². The number of hydrogen-bond acceptors (Lipinski definition) is 7. The summed E-state index contributed by atoms with van der Waals surface area (Å²) < 4.78 is 14.3. The molecule has 2 aromatic rings. The average Bonchev–Trinajstić information content (AvgIpc) is 3.25. The lowest BCUT2D eigenvalue weighted by Crippen LogP contribution is -2.44.